The molecule has 1 amide bonds. The molecular formula is C25H31F3N6OS. The lowest BCUT2D eigenvalue weighted by molar-refractivity contribution is -0.137. The fourth-order valence-electron chi connectivity index (χ4n) is 3.32. The molecule has 0 saturated heterocycles. The normalized spacial score (nSPS) is 12.1. The Hall–Kier alpha value is -3.47. The average Bonchev–Trinajstić information content (AvgIpc) is 2.77. The van der Waals surface area contributed by atoms with E-state index in [1.54, 1.807) is 38.4 Å². The van der Waals surface area contributed by atoms with Gasteiger partial charge in [-0.3, -0.25) is 4.79 Å². The molecule has 0 aliphatic rings. The maximum absolute atomic E-state index is 13.7. The van der Waals surface area contributed by atoms with Crippen molar-refractivity contribution in [3.05, 3.63) is 70.9 Å². The zero-order chi connectivity index (χ0) is 26.7. The molecule has 0 aliphatic heterocycles. The van der Waals surface area contributed by atoms with E-state index in [-0.39, 0.29) is 24.2 Å². The van der Waals surface area contributed by atoms with Gasteiger partial charge in [0.2, 0.25) is 5.95 Å². The molecule has 1 aromatic heterocycles. The van der Waals surface area contributed by atoms with Gasteiger partial charge in [0.25, 0.3) is 5.91 Å². The van der Waals surface area contributed by atoms with E-state index in [9.17, 15) is 18.0 Å². The third-order valence-corrected chi connectivity index (χ3v) is 5.85. The van der Waals surface area contributed by atoms with Crippen LogP contribution in [0.25, 0.3) is 0 Å². The number of alkyl halides is 3. The molecule has 3 N–H and O–H groups in total. The van der Waals surface area contributed by atoms with Crippen molar-refractivity contribution in [3.8, 4) is 0 Å². The van der Waals surface area contributed by atoms with Crippen molar-refractivity contribution in [3.63, 3.8) is 0 Å². The summed E-state index contributed by atoms with van der Waals surface area (Å²) in [6.45, 7) is 2.10. The van der Waals surface area contributed by atoms with E-state index in [2.05, 4.69) is 44.1 Å². The van der Waals surface area contributed by atoms with Crippen LogP contribution < -0.4 is 15.4 Å². The highest BCUT2D eigenvalue weighted by atomic mass is 32.3. The van der Waals surface area contributed by atoms with Crippen molar-refractivity contribution in [2.45, 2.75) is 19.6 Å². The minimum absolute atomic E-state index is 0.00132. The monoisotopic (exact) mass is 520 g/mol. The Morgan fingerprint density at radius 1 is 1.06 bits per heavy atom. The number of hydrogen-bond donors (Lipinski definition) is 3. The van der Waals surface area contributed by atoms with Crippen molar-refractivity contribution in [1.29, 1.82) is 0 Å². The number of hydrogen-bond acceptors (Lipinski definition) is 6. The number of amides is 1. The van der Waals surface area contributed by atoms with Crippen LogP contribution in [0.5, 0.6) is 0 Å². The van der Waals surface area contributed by atoms with Crippen LogP contribution in [0.1, 0.15) is 27.0 Å². The zero-order valence-electron chi connectivity index (χ0n) is 21.1. The predicted molar refractivity (Wildman–Crippen MR) is 142 cm³/mol. The number of benzene rings is 2. The van der Waals surface area contributed by atoms with E-state index in [0.717, 1.165) is 23.0 Å². The molecule has 7 nitrogen and oxygen atoms in total. The van der Waals surface area contributed by atoms with E-state index in [0.29, 0.717) is 11.3 Å². The summed E-state index contributed by atoms with van der Waals surface area (Å²) in [5.41, 5.74) is 2.81. The third kappa shape index (κ3) is 7.27. The summed E-state index contributed by atoms with van der Waals surface area (Å²) < 4.78 is 44.5. The predicted octanol–water partition coefficient (Wildman–Crippen LogP) is 5.88. The number of carbonyl (C=O) groups excluding carboxylic acids is 1. The largest absolute Gasteiger partial charge is 0.421 e. The molecule has 3 aromatic rings. The number of aromatic nitrogens is 2. The molecule has 36 heavy (non-hydrogen) atoms. The summed E-state index contributed by atoms with van der Waals surface area (Å²) in [6.07, 6.45) is 2.42. The fraction of sp³-hybridized carbons (Fsp3) is 0.320. The average molecular weight is 521 g/mol. The van der Waals surface area contributed by atoms with E-state index in [1.807, 2.05) is 25.1 Å². The smallest absolute Gasteiger partial charge is 0.365 e. The van der Waals surface area contributed by atoms with Gasteiger partial charge in [0.1, 0.15) is 11.4 Å². The topological polar surface area (TPSA) is 82.2 Å². The highest BCUT2D eigenvalue weighted by Gasteiger charge is 2.35. The Labute approximate surface area is 211 Å². The third-order valence-electron chi connectivity index (χ3n) is 5.02. The van der Waals surface area contributed by atoms with Crippen molar-refractivity contribution in [2.75, 3.05) is 48.2 Å². The number of halogens is 3. The fourth-order valence-corrected chi connectivity index (χ4v) is 4.17. The van der Waals surface area contributed by atoms with Gasteiger partial charge in [0, 0.05) is 43.8 Å². The molecule has 0 saturated carbocycles. The van der Waals surface area contributed by atoms with Gasteiger partial charge >= 0.3 is 6.18 Å². The number of aryl methyl sites for hydroxylation is 1. The first-order chi connectivity index (χ1) is 16.7. The standard InChI is InChI=1S/C25H31F3N6OS/c1-16-7-8-18(21(13-16)33-36(4,5)6)14-29-22-20(25(26,27)28)15-30-24(32-22)31-19-11-9-17(10-12-19)23(35)34(2)3/h7-13,15,33H,14H2,1-6H3,(H2,29,30,31,32). The van der Waals surface area contributed by atoms with Crippen molar-refractivity contribution in [1.82, 2.24) is 14.9 Å². The Bertz CT molecular complexity index is 1220. The number of anilines is 4. The second kappa shape index (κ2) is 10.7. The lowest BCUT2D eigenvalue weighted by Crippen LogP contribution is -2.21. The van der Waals surface area contributed by atoms with Crippen LogP contribution >= 0.6 is 10.2 Å². The van der Waals surface area contributed by atoms with E-state index < -0.39 is 22.0 Å². The lowest BCUT2D eigenvalue weighted by Gasteiger charge is -2.30. The van der Waals surface area contributed by atoms with Gasteiger partial charge in [-0.2, -0.15) is 28.4 Å². The molecule has 1 heterocycles. The van der Waals surface area contributed by atoms with Gasteiger partial charge in [0.05, 0.1) is 0 Å². The highest BCUT2D eigenvalue weighted by Crippen LogP contribution is 2.38. The van der Waals surface area contributed by atoms with Gasteiger partial charge in [-0.25, -0.2) is 4.98 Å². The van der Waals surface area contributed by atoms with Crippen LogP contribution in [0.4, 0.5) is 36.3 Å². The summed E-state index contributed by atoms with van der Waals surface area (Å²) in [5.74, 6) is -0.482. The van der Waals surface area contributed by atoms with Crippen LogP contribution in [-0.4, -0.2) is 53.6 Å². The SMILES string of the molecule is Cc1ccc(CNc2nc(Nc3ccc(C(=O)N(C)C)cc3)ncc2C(F)(F)F)c(NS(C)(C)C)c1. The van der Waals surface area contributed by atoms with Crippen LogP contribution in [-0.2, 0) is 12.7 Å². The van der Waals surface area contributed by atoms with E-state index in [1.165, 1.54) is 4.90 Å². The van der Waals surface area contributed by atoms with Crippen LogP contribution in [0.3, 0.4) is 0 Å². The molecule has 2 aromatic carbocycles. The molecule has 0 unspecified atom stereocenters. The van der Waals surface area contributed by atoms with Crippen molar-refractivity contribution in [2.24, 2.45) is 0 Å². The molecule has 0 atom stereocenters. The molecule has 0 spiro atoms. The quantitative estimate of drug-likeness (QED) is 0.344. The molecule has 3 rings (SSSR count). The molecule has 0 aliphatic carbocycles. The molecular weight excluding hydrogens is 489 g/mol. The summed E-state index contributed by atoms with van der Waals surface area (Å²) in [7, 11) is 2.20. The Morgan fingerprint density at radius 2 is 1.72 bits per heavy atom. The lowest BCUT2D eigenvalue weighted by atomic mass is 10.1. The van der Waals surface area contributed by atoms with Crippen LogP contribution in [0, 0.1) is 6.92 Å². The maximum atomic E-state index is 13.7. The molecule has 0 radical (unpaired) electrons. The van der Waals surface area contributed by atoms with Gasteiger partial charge < -0.3 is 20.3 Å². The van der Waals surface area contributed by atoms with E-state index in [4.69, 9.17) is 0 Å². The van der Waals surface area contributed by atoms with E-state index >= 15 is 0 Å². The summed E-state index contributed by atoms with van der Waals surface area (Å²) in [4.78, 5) is 21.5. The minimum atomic E-state index is -4.63. The van der Waals surface area contributed by atoms with Crippen molar-refractivity contribution >= 4 is 39.3 Å². The minimum Gasteiger partial charge on any atom is -0.365 e. The summed E-state index contributed by atoms with van der Waals surface area (Å²) in [5, 5.41) is 5.76. The first-order valence-electron chi connectivity index (χ1n) is 11.1. The highest BCUT2D eigenvalue weighted by molar-refractivity contribution is 8.33. The summed E-state index contributed by atoms with van der Waals surface area (Å²) >= 11 is 0. The first kappa shape index (κ1) is 27.1. The molecule has 0 bridgehead atoms. The van der Waals surface area contributed by atoms with Crippen LogP contribution in [0.2, 0.25) is 0 Å². The zero-order valence-corrected chi connectivity index (χ0v) is 21.9. The van der Waals surface area contributed by atoms with Gasteiger partial charge in [0.15, 0.2) is 0 Å². The second-order valence-corrected chi connectivity index (χ2v) is 13.2. The van der Waals surface area contributed by atoms with Crippen molar-refractivity contribution < 1.29 is 18.0 Å². The van der Waals surface area contributed by atoms with Gasteiger partial charge in [-0.05, 0) is 67.1 Å². The number of rotatable bonds is 8. The number of nitrogens with zero attached hydrogens (tertiary/aromatic N) is 3. The molecule has 0 fully saturated rings. The Balaban J connectivity index is 1.85. The summed E-state index contributed by atoms with van der Waals surface area (Å²) in [6, 6.07) is 12.3. The molecule has 194 valence electrons. The Morgan fingerprint density at radius 3 is 2.31 bits per heavy atom. The first-order valence-corrected chi connectivity index (χ1v) is 13.9. The second-order valence-electron chi connectivity index (χ2n) is 9.31. The number of carbonyl (C=O) groups is 1. The van der Waals surface area contributed by atoms with Crippen LogP contribution in [0.15, 0.2) is 48.7 Å². The van der Waals surface area contributed by atoms with Gasteiger partial charge in [-0.15, -0.1) is 0 Å². The Kier molecular flexibility index (Phi) is 8.02. The maximum Gasteiger partial charge on any atom is 0.421 e. The molecule has 11 heteroatoms. The van der Waals surface area contributed by atoms with Gasteiger partial charge in [-0.1, -0.05) is 12.1 Å². The number of nitrogens with one attached hydrogen (secondary N) is 3.